The minimum atomic E-state index is -3.05. The maximum Gasteiger partial charge on any atom is 0.214 e. The summed E-state index contributed by atoms with van der Waals surface area (Å²) in [6.07, 6.45) is 0.695. The molecule has 0 bridgehead atoms. The van der Waals surface area contributed by atoms with Gasteiger partial charge >= 0.3 is 0 Å². The van der Waals surface area contributed by atoms with Gasteiger partial charge in [0.2, 0.25) is 10.0 Å². The molecule has 1 heterocycles. The van der Waals surface area contributed by atoms with Gasteiger partial charge in [0.05, 0.1) is 5.75 Å². The highest BCUT2D eigenvalue weighted by Gasteiger charge is 2.27. The number of aliphatic hydroxyl groups is 1. The fraction of sp³-hybridized carbons (Fsp3) is 0.429. The Morgan fingerprint density at radius 3 is 2.65 bits per heavy atom. The van der Waals surface area contributed by atoms with Gasteiger partial charge in [-0.1, -0.05) is 11.8 Å². The van der Waals surface area contributed by atoms with Gasteiger partial charge in [-0.2, -0.15) is 4.31 Å². The molecule has 5 nitrogen and oxygen atoms in total. The molecule has 1 aliphatic heterocycles. The van der Waals surface area contributed by atoms with Crippen LogP contribution in [0.3, 0.4) is 0 Å². The van der Waals surface area contributed by atoms with E-state index in [-0.39, 0.29) is 12.4 Å². The summed E-state index contributed by atoms with van der Waals surface area (Å²) in [6.45, 7) is 1.14. The van der Waals surface area contributed by atoms with Crippen molar-refractivity contribution in [2.75, 3.05) is 32.1 Å². The predicted octanol–water partition coefficient (Wildman–Crippen LogP) is 0.445. The van der Waals surface area contributed by atoms with Crippen molar-refractivity contribution < 1.29 is 18.3 Å². The lowest BCUT2D eigenvalue weighted by Gasteiger charge is -2.14. The van der Waals surface area contributed by atoms with E-state index in [2.05, 4.69) is 11.8 Å². The van der Waals surface area contributed by atoms with Crippen LogP contribution < -0.4 is 4.74 Å². The van der Waals surface area contributed by atoms with Crippen molar-refractivity contribution in [1.29, 1.82) is 0 Å². The Morgan fingerprint density at radius 1 is 1.30 bits per heavy atom. The fourth-order valence-corrected chi connectivity index (χ4v) is 3.50. The van der Waals surface area contributed by atoms with Crippen molar-refractivity contribution in [2.24, 2.45) is 0 Å². The Hall–Kier alpha value is -1.55. The van der Waals surface area contributed by atoms with E-state index in [0.29, 0.717) is 31.9 Å². The molecule has 0 aliphatic carbocycles. The molecular weight excluding hydrogens is 278 g/mol. The molecular formula is C14H17NO4S. The number of benzene rings is 1. The summed E-state index contributed by atoms with van der Waals surface area (Å²) in [5.41, 5.74) is 0.800. The van der Waals surface area contributed by atoms with Gasteiger partial charge in [-0.15, -0.1) is 0 Å². The normalized spacial score (nSPS) is 17.4. The van der Waals surface area contributed by atoms with Gasteiger partial charge in [0.1, 0.15) is 19.0 Å². The molecule has 0 amide bonds. The summed E-state index contributed by atoms with van der Waals surface area (Å²) in [7, 11) is -3.05. The van der Waals surface area contributed by atoms with Crippen molar-refractivity contribution in [3.8, 4) is 17.6 Å². The van der Waals surface area contributed by atoms with Crippen molar-refractivity contribution in [1.82, 2.24) is 4.31 Å². The molecule has 1 aromatic rings. The topological polar surface area (TPSA) is 66.8 Å². The van der Waals surface area contributed by atoms with Crippen LogP contribution in [0.2, 0.25) is 0 Å². The number of hydrogen-bond acceptors (Lipinski definition) is 4. The molecule has 6 heteroatoms. The lowest BCUT2D eigenvalue weighted by atomic mass is 10.2. The predicted molar refractivity (Wildman–Crippen MR) is 75.9 cm³/mol. The summed E-state index contributed by atoms with van der Waals surface area (Å²) >= 11 is 0. The van der Waals surface area contributed by atoms with E-state index in [1.165, 1.54) is 4.31 Å². The third-order valence-corrected chi connectivity index (χ3v) is 4.94. The van der Waals surface area contributed by atoms with E-state index in [9.17, 15) is 8.42 Å². The molecule has 0 saturated carbocycles. The quantitative estimate of drug-likeness (QED) is 0.819. The Bertz CT molecular complexity index is 598. The zero-order chi connectivity index (χ0) is 14.4. The molecule has 0 unspecified atom stereocenters. The number of nitrogens with zero attached hydrogens (tertiary/aromatic N) is 1. The van der Waals surface area contributed by atoms with Crippen LogP contribution in [0.5, 0.6) is 5.75 Å². The van der Waals surface area contributed by atoms with Crippen LogP contribution in [0, 0.1) is 11.8 Å². The third kappa shape index (κ3) is 3.97. The zero-order valence-corrected chi connectivity index (χ0v) is 11.9. The summed E-state index contributed by atoms with van der Waals surface area (Å²) in [6, 6.07) is 7.15. The lowest BCUT2D eigenvalue weighted by Crippen LogP contribution is -2.30. The van der Waals surface area contributed by atoms with Crippen LogP contribution in [-0.4, -0.2) is 49.9 Å². The molecule has 1 saturated heterocycles. The second-order valence-electron chi connectivity index (χ2n) is 4.40. The van der Waals surface area contributed by atoms with Gasteiger partial charge in [0, 0.05) is 18.7 Å². The Labute approximate surface area is 119 Å². The molecule has 108 valence electrons. The summed E-state index contributed by atoms with van der Waals surface area (Å²) < 4.78 is 30.2. The molecule has 1 aliphatic rings. The first kappa shape index (κ1) is 14.9. The smallest absolute Gasteiger partial charge is 0.214 e. The monoisotopic (exact) mass is 295 g/mol. The maximum absolute atomic E-state index is 11.6. The first-order valence-corrected chi connectivity index (χ1v) is 8.03. The van der Waals surface area contributed by atoms with Crippen LogP contribution >= 0.6 is 0 Å². The van der Waals surface area contributed by atoms with E-state index in [1.807, 2.05) is 0 Å². The molecule has 2 rings (SSSR count). The van der Waals surface area contributed by atoms with E-state index < -0.39 is 10.0 Å². The SMILES string of the molecule is O=S1(=O)CCCN1CCOc1ccc(C#CCO)cc1. The van der Waals surface area contributed by atoms with Crippen molar-refractivity contribution in [3.63, 3.8) is 0 Å². The van der Waals surface area contributed by atoms with Crippen LogP contribution in [-0.2, 0) is 10.0 Å². The molecule has 0 aromatic heterocycles. The van der Waals surface area contributed by atoms with Gasteiger partial charge in [-0.25, -0.2) is 8.42 Å². The largest absolute Gasteiger partial charge is 0.492 e. The highest BCUT2D eigenvalue weighted by molar-refractivity contribution is 7.89. The minimum absolute atomic E-state index is 0.164. The summed E-state index contributed by atoms with van der Waals surface area (Å²) in [5.74, 6) is 6.27. The Morgan fingerprint density at radius 2 is 2.05 bits per heavy atom. The number of hydrogen-bond donors (Lipinski definition) is 1. The molecule has 1 fully saturated rings. The molecule has 20 heavy (non-hydrogen) atoms. The maximum atomic E-state index is 11.6. The Kier molecular flexibility index (Phi) is 5.01. The van der Waals surface area contributed by atoms with Gasteiger partial charge in [0.25, 0.3) is 0 Å². The van der Waals surface area contributed by atoms with E-state index >= 15 is 0 Å². The van der Waals surface area contributed by atoms with E-state index in [1.54, 1.807) is 24.3 Å². The number of sulfonamides is 1. The van der Waals surface area contributed by atoms with Crippen LogP contribution in [0.25, 0.3) is 0 Å². The molecule has 0 radical (unpaired) electrons. The van der Waals surface area contributed by atoms with E-state index in [4.69, 9.17) is 9.84 Å². The number of aliphatic hydroxyl groups excluding tert-OH is 1. The first-order valence-electron chi connectivity index (χ1n) is 6.42. The Balaban J connectivity index is 1.82. The van der Waals surface area contributed by atoms with Gasteiger partial charge in [0.15, 0.2) is 0 Å². The van der Waals surface area contributed by atoms with Crippen molar-refractivity contribution in [3.05, 3.63) is 29.8 Å². The lowest BCUT2D eigenvalue weighted by molar-refractivity contribution is 0.279. The van der Waals surface area contributed by atoms with Crippen molar-refractivity contribution in [2.45, 2.75) is 6.42 Å². The average molecular weight is 295 g/mol. The standard InChI is InChI=1S/C14H17NO4S/c16-10-1-3-13-4-6-14(7-5-13)19-11-9-15-8-2-12-20(15,17)18/h4-7,16H,2,8-12H2. The first-order chi connectivity index (χ1) is 9.62. The second-order valence-corrected chi connectivity index (χ2v) is 6.49. The average Bonchev–Trinajstić information content (AvgIpc) is 2.77. The van der Waals surface area contributed by atoms with Crippen LogP contribution in [0.1, 0.15) is 12.0 Å². The summed E-state index contributed by atoms with van der Waals surface area (Å²) in [5, 5.41) is 8.59. The van der Waals surface area contributed by atoms with Crippen LogP contribution in [0.15, 0.2) is 24.3 Å². The fourth-order valence-electron chi connectivity index (χ4n) is 1.98. The highest BCUT2D eigenvalue weighted by Crippen LogP contribution is 2.14. The number of ether oxygens (including phenoxy) is 1. The number of rotatable bonds is 4. The highest BCUT2D eigenvalue weighted by atomic mass is 32.2. The van der Waals surface area contributed by atoms with Crippen LogP contribution in [0.4, 0.5) is 0 Å². The molecule has 0 spiro atoms. The molecule has 1 N–H and O–H groups in total. The van der Waals surface area contributed by atoms with Gasteiger partial charge in [-0.05, 0) is 30.7 Å². The third-order valence-electron chi connectivity index (χ3n) is 2.98. The zero-order valence-electron chi connectivity index (χ0n) is 11.1. The molecule has 1 aromatic carbocycles. The summed E-state index contributed by atoms with van der Waals surface area (Å²) in [4.78, 5) is 0. The second kappa shape index (κ2) is 6.75. The van der Waals surface area contributed by atoms with E-state index in [0.717, 1.165) is 5.56 Å². The van der Waals surface area contributed by atoms with Crippen molar-refractivity contribution >= 4 is 10.0 Å². The van der Waals surface area contributed by atoms with Gasteiger partial charge in [-0.3, -0.25) is 0 Å². The molecule has 0 atom stereocenters. The minimum Gasteiger partial charge on any atom is -0.492 e. The van der Waals surface area contributed by atoms with Gasteiger partial charge < -0.3 is 9.84 Å².